The summed E-state index contributed by atoms with van der Waals surface area (Å²) in [5.74, 6) is -0.804. The van der Waals surface area contributed by atoms with E-state index in [2.05, 4.69) is 5.32 Å². The van der Waals surface area contributed by atoms with Crippen molar-refractivity contribution in [1.82, 2.24) is 10.2 Å². The number of rotatable bonds is 7. The Hall–Kier alpha value is -3.09. The number of aliphatic hydroxyl groups excluding tert-OH is 1. The molecule has 5 atom stereocenters. The minimum atomic E-state index is -2.97. The maximum absolute atomic E-state index is 14.7. The third-order valence-electron chi connectivity index (χ3n) is 9.84. The predicted octanol–water partition coefficient (Wildman–Crippen LogP) is 2.34. The minimum Gasteiger partial charge on any atom is -0.432 e. The van der Waals surface area contributed by atoms with Gasteiger partial charge in [0.1, 0.15) is 0 Å². The highest BCUT2D eigenvalue weighted by atomic mass is 28.4. The first kappa shape index (κ1) is 30.0. The minimum absolute atomic E-state index is 0.0293. The van der Waals surface area contributed by atoms with E-state index in [9.17, 15) is 24.3 Å². The number of nitrogens with one attached hydrogen (secondary N) is 1. The summed E-state index contributed by atoms with van der Waals surface area (Å²) in [4.78, 5) is 58.0. The van der Waals surface area contributed by atoms with E-state index in [0.717, 1.165) is 24.1 Å². The summed E-state index contributed by atoms with van der Waals surface area (Å²) in [5, 5.41) is 13.0. The van der Waals surface area contributed by atoms with Gasteiger partial charge < -0.3 is 34.7 Å². The van der Waals surface area contributed by atoms with Crippen LogP contribution in [0.1, 0.15) is 37.3 Å². The first-order valence-corrected chi connectivity index (χ1v) is 18.4. The van der Waals surface area contributed by atoms with Crippen molar-refractivity contribution < 1.29 is 29.0 Å². The van der Waals surface area contributed by atoms with E-state index in [1.807, 2.05) is 68.5 Å². The number of ether oxygens (including phenoxy) is 1. The van der Waals surface area contributed by atoms with Gasteiger partial charge in [0.05, 0.1) is 44.0 Å². The molecule has 0 aromatic heterocycles. The summed E-state index contributed by atoms with van der Waals surface area (Å²) in [5.41, 5.74) is 1.25. The van der Waals surface area contributed by atoms with Crippen molar-refractivity contribution in [3.63, 3.8) is 0 Å². The highest BCUT2D eigenvalue weighted by Crippen LogP contribution is 2.60. The lowest BCUT2D eigenvalue weighted by Gasteiger charge is -2.33. The van der Waals surface area contributed by atoms with Gasteiger partial charge in [0.15, 0.2) is 13.9 Å². The zero-order valence-corrected chi connectivity index (χ0v) is 26.2. The molecule has 230 valence electrons. The number of aliphatic hydroxyl groups is 1. The summed E-state index contributed by atoms with van der Waals surface area (Å²) in [6, 6.07) is 15.3. The maximum Gasteiger partial charge on any atom is 0.264 e. The lowest BCUT2D eigenvalue weighted by Crippen LogP contribution is -2.48. The van der Waals surface area contributed by atoms with Gasteiger partial charge in [-0.1, -0.05) is 37.3 Å². The van der Waals surface area contributed by atoms with Gasteiger partial charge >= 0.3 is 0 Å². The molecule has 11 heteroatoms. The fourth-order valence-corrected chi connectivity index (χ4v) is 10.4. The first-order valence-electron chi connectivity index (χ1n) is 15.4. The zero-order chi connectivity index (χ0) is 30.5. The van der Waals surface area contributed by atoms with Crippen LogP contribution in [0.5, 0.6) is 0 Å². The number of likely N-dealkylation sites (tertiary alicyclic amines) is 1. The molecule has 3 amide bonds. The van der Waals surface area contributed by atoms with Crippen molar-refractivity contribution in [3.8, 4) is 0 Å². The van der Waals surface area contributed by atoms with Crippen LogP contribution in [-0.2, 0) is 31.3 Å². The fraction of sp³-hybridized carbons (Fsp3) is 0.531. The Balaban J connectivity index is 1.43. The molecule has 4 aliphatic heterocycles. The molecule has 1 spiro atoms. The topological polar surface area (TPSA) is 123 Å². The van der Waals surface area contributed by atoms with Crippen LogP contribution >= 0.6 is 0 Å². The second-order valence-corrected chi connectivity index (χ2v) is 16.9. The quantitative estimate of drug-likeness (QED) is 0.414. The molecular weight excluding hydrogens is 564 g/mol. The molecule has 2 aromatic rings. The Kier molecular flexibility index (Phi) is 7.97. The molecule has 0 unspecified atom stereocenters. The molecule has 4 heterocycles. The average molecular weight is 607 g/mol. The largest absolute Gasteiger partial charge is 0.432 e. The fourth-order valence-electron chi connectivity index (χ4n) is 7.88. The molecule has 4 aliphatic rings. The Morgan fingerprint density at radius 2 is 1.91 bits per heavy atom. The van der Waals surface area contributed by atoms with E-state index in [1.54, 1.807) is 14.7 Å². The van der Waals surface area contributed by atoms with Crippen molar-refractivity contribution in [2.75, 3.05) is 42.6 Å². The van der Waals surface area contributed by atoms with Crippen molar-refractivity contribution >= 4 is 37.4 Å². The molecule has 0 saturated carbocycles. The first-order chi connectivity index (χ1) is 20.6. The van der Waals surface area contributed by atoms with Crippen molar-refractivity contribution in [1.29, 1.82) is 0 Å². The summed E-state index contributed by atoms with van der Waals surface area (Å²) in [7, 11) is -2.97. The van der Waals surface area contributed by atoms with E-state index in [0.29, 0.717) is 37.4 Å². The van der Waals surface area contributed by atoms with Crippen LogP contribution < -0.4 is 15.1 Å². The SMILES string of the molecule is C[C@@H]1[C@@H]([Si](C)(C)O)[C@H](CC(=O)N2CCC[C@H]2CO)O[C@@]12C(=O)N(Cc1ccccc1)c1ccc(N3CCNCC3=O)cc12. The number of carbonyl (C=O) groups is 3. The lowest BCUT2D eigenvalue weighted by molar-refractivity contribution is -0.150. The Morgan fingerprint density at radius 3 is 2.60 bits per heavy atom. The summed E-state index contributed by atoms with van der Waals surface area (Å²) in [6.07, 6.45) is 0.944. The van der Waals surface area contributed by atoms with Crippen LogP contribution in [-0.4, -0.2) is 85.8 Å². The highest BCUT2D eigenvalue weighted by molar-refractivity contribution is 6.71. The third kappa shape index (κ3) is 5.10. The standard InChI is InChI=1S/C32H42N4O6Si/c1-21-30(43(2,3)41)27(17-28(38)34-14-7-10-24(34)20-37)42-32(21)25-16-23(35-15-13-33-18-29(35)39)11-12-26(25)36(31(32)40)19-22-8-5-4-6-9-22/h4-6,8-9,11-12,16,21,24,27,30,33,37,41H,7,10,13-15,17-20H2,1-3H3/t21-,24+,27+,30-,32+/m1/s1. The van der Waals surface area contributed by atoms with E-state index in [-0.39, 0.29) is 43.3 Å². The van der Waals surface area contributed by atoms with E-state index < -0.39 is 31.5 Å². The van der Waals surface area contributed by atoms with Gasteiger partial charge in [0, 0.05) is 42.3 Å². The number of piperazine rings is 1. The van der Waals surface area contributed by atoms with Crippen molar-refractivity contribution in [2.45, 2.75) is 69.1 Å². The van der Waals surface area contributed by atoms with Gasteiger partial charge in [-0.2, -0.15) is 0 Å². The number of benzene rings is 2. The molecule has 0 bridgehead atoms. The molecule has 3 fully saturated rings. The summed E-state index contributed by atoms with van der Waals surface area (Å²) < 4.78 is 6.89. The van der Waals surface area contributed by atoms with Crippen molar-refractivity contribution in [3.05, 3.63) is 59.7 Å². The molecular formula is C32H42N4O6Si. The molecule has 3 N–H and O–H groups in total. The monoisotopic (exact) mass is 606 g/mol. The molecule has 0 radical (unpaired) electrons. The van der Waals surface area contributed by atoms with Crippen LogP contribution in [0.15, 0.2) is 48.5 Å². The van der Waals surface area contributed by atoms with Gasteiger partial charge in [-0.05, 0) is 49.7 Å². The molecule has 10 nitrogen and oxygen atoms in total. The van der Waals surface area contributed by atoms with Gasteiger partial charge in [-0.3, -0.25) is 14.4 Å². The maximum atomic E-state index is 14.7. The zero-order valence-electron chi connectivity index (χ0n) is 25.2. The smallest absolute Gasteiger partial charge is 0.264 e. The molecule has 2 aromatic carbocycles. The number of nitrogens with zero attached hydrogens (tertiary/aromatic N) is 3. The van der Waals surface area contributed by atoms with Gasteiger partial charge in [-0.15, -0.1) is 0 Å². The molecule has 6 rings (SSSR count). The van der Waals surface area contributed by atoms with Crippen molar-refractivity contribution in [2.24, 2.45) is 5.92 Å². The summed E-state index contributed by atoms with van der Waals surface area (Å²) >= 11 is 0. The molecule has 0 aliphatic carbocycles. The second kappa shape index (κ2) is 11.4. The Morgan fingerprint density at radius 1 is 1.14 bits per heavy atom. The lowest BCUT2D eigenvalue weighted by atomic mass is 9.82. The second-order valence-electron chi connectivity index (χ2n) is 12.9. The Bertz CT molecular complexity index is 1400. The Labute approximate surface area is 253 Å². The molecule has 43 heavy (non-hydrogen) atoms. The normalized spacial score (nSPS) is 29.2. The van der Waals surface area contributed by atoms with Crippen LogP contribution in [0.3, 0.4) is 0 Å². The van der Waals surface area contributed by atoms with Gasteiger partial charge in [0.25, 0.3) is 5.91 Å². The van der Waals surface area contributed by atoms with E-state index >= 15 is 0 Å². The van der Waals surface area contributed by atoms with Crippen LogP contribution in [0.2, 0.25) is 18.6 Å². The van der Waals surface area contributed by atoms with Crippen LogP contribution in [0.4, 0.5) is 11.4 Å². The van der Waals surface area contributed by atoms with Crippen LogP contribution in [0.25, 0.3) is 0 Å². The molecule has 3 saturated heterocycles. The number of anilines is 2. The number of fused-ring (bicyclic) bond motifs is 2. The van der Waals surface area contributed by atoms with Crippen LogP contribution in [0, 0.1) is 5.92 Å². The van der Waals surface area contributed by atoms with Gasteiger partial charge in [-0.25, -0.2) is 0 Å². The third-order valence-corrected chi connectivity index (χ3v) is 12.3. The number of hydrogen-bond acceptors (Lipinski definition) is 7. The summed E-state index contributed by atoms with van der Waals surface area (Å²) in [6.45, 7) is 7.92. The van der Waals surface area contributed by atoms with E-state index in [1.165, 1.54) is 0 Å². The number of carbonyl (C=O) groups excluding carboxylic acids is 3. The average Bonchev–Trinajstić information content (AvgIpc) is 3.64. The highest BCUT2D eigenvalue weighted by Gasteiger charge is 2.66. The van der Waals surface area contributed by atoms with Gasteiger partial charge in [0.2, 0.25) is 11.8 Å². The van der Waals surface area contributed by atoms with E-state index in [4.69, 9.17) is 4.74 Å². The number of amides is 3. The number of hydrogen-bond donors (Lipinski definition) is 3. The predicted molar refractivity (Wildman–Crippen MR) is 165 cm³/mol.